The molecule has 0 atom stereocenters. The van der Waals surface area contributed by atoms with Gasteiger partial charge in [0.25, 0.3) is 0 Å². The summed E-state index contributed by atoms with van der Waals surface area (Å²) in [5, 5.41) is 2.15. The number of nitrogens with two attached hydrogens (primary N) is 1. The van der Waals surface area contributed by atoms with Crippen molar-refractivity contribution in [3.05, 3.63) is 52.1 Å². The van der Waals surface area contributed by atoms with Crippen LogP contribution in [0, 0.1) is 0 Å². The molecule has 0 fully saturated rings. The van der Waals surface area contributed by atoms with E-state index >= 15 is 0 Å². The van der Waals surface area contributed by atoms with E-state index in [0.717, 1.165) is 26.9 Å². The molecule has 2 aromatic rings. The molecule has 0 aliphatic rings. The van der Waals surface area contributed by atoms with E-state index in [0.29, 0.717) is 11.6 Å². The summed E-state index contributed by atoms with van der Waals surface area (Å²) in [6, 6.07) is 9.43. The normalized spacial score (nSPS) is 10.6. The lowest BCUT2D eigenvalue weighted by Crippen LogP contribution is -2.04. The van der Waals surface area contributed by atoms with Crippen LogP contribution >= 0.6 is 35.0 Å². The summed E-state index contributed by atoms with van der Waals surface area (Å²) in [6.07, 6.45) is 2.47. The minimum absolute atomic E-state index is 0.563. The molecule has 0 bridgehead atoms. The second-order valence-corrected chi connectivity index (χ2v) is 5.49. The molecule has 1 aromatic heterocycles. The van der Waals surface area contributed by atoms with Crippen LogP contribution in [-0.4, -0.2) is 11.5 Å². The number of halogens is 2. The monoisotopic (exact) mass is 298 g/mol. The van der Waals surface area contributed by atoms with E-state index in [1.807, 2.05) is 30.3 Å². The van der Waals surface area contributed by atoms with Crippen molar-refractivity contribution in [3.8, 4) is 0 Å². The lowest BCUT2D eigenvalue weighted by molar-refractivity contribution is 0.943. The molecule has 0 spiro atoms. The smallest absolute Gasteiger partial charge is 0.119 e. The SMILES string of the molecule is NCCc1c(Cl)cccc1Sc1ncccc1Cl. The first kappa shape index (κ1) is 13.7. The van der Waals surface area contributed by atoms with Gasteiger partial charge >= 0.3 is 0 Å². The quantitative estimate of drug-likeness (QED) is 0.926. The Morgan fingerprint density at radius 3 is 2.61 bits per heavy atom. The highest BCUT2D eigenvalue weighted by atomic mass is 35.5. The lowest BCUT2D eigenvalue weighted by Gasteiger charge is -2.10. The van der Waals surface area contributed by atoms with Crippen LogP contribution in [-0.2, 0) is 6.42 Å². The van der Waals surface area contributed by atoms with Crippen LogP contribution in [0.25, 0.3) is 0 Å². The van der Waals surface area contributed by atoms with Crippen LogP contribution < -0.4 is 5.73 Å². The van der Waals surface area contributed by atoms with E-state index in [1.54, 1.807) is 6.20 Å². The number of rotatable bonds is 4. The molecular formula is C13H12Cl2N2S. The van der Waals surface area contributed by atoms with Crippen molar-refractivity contribution < 1.29 is 0 Å². The Kier molecular flexibility index (Phi) is 4.89. The van der Waals surface area contributed by atoms with Gasteiger partial charge in [-0.2, -0.15) is 0 Å². The Morgan fingerprint density at radius 2 is 1.89 bits per heavy atom. The van der Waals surface area contributed by atoms with Gasteiger partial charge in [-0.15, -0.1) is 0 Å². The second-order valence-electron chi connectivity index (χ2n) is 3.65. The Morgan fingerprint density at radius 1 is 1.11 bits per heavy atom. The average Bonchev–Trinajstić information content (AvgIpc) is 2.36. The zero-order valence-electron chi connectivity index (χ0n) is 9.57. The maximum Gasteiger partial charge on any atom is 0.119 e. The highest BCUT2D eigenvalue weighted by Crippen LogP contribution is 2.35. The largest absolute Gasteiger partial charge is 0.330 e. The molecule has 0 unspecified atom stereocenters. The van der Waals surface area contributed by atoms with Crippen LogP contribution in [0.2, 0.25) is 10.0 Å². The molecule has 2 rings (SSSR count). The third-order valence-electron chi connectivity index (χ3n) is 2.40. The molecule has 0 aliphatic carbocycles. The van der Waals surface area contributed by atoms with Gasteiger partial charge in [0.15, 0.2) is 0 Å². The van der Waals surface area contributed by atoms with Crippen LogP contribution in [0.3, 0.4) is 0 Å². The fourth-order valence-corrected chi connectivity index (χ4v) is 3.10. The topological polar surface area (TPSA) is 38.9 Å². The molecule has 18 heavy (non-hydrogen) atoms. The van der Waals surface area contributed by atoms with Gasteiger partial charge in [0.1, 0.15) is 5.03 Å². The minimum Gasteiger partial charge on any atom is -0.330 e. The van der Waals surface area contributed by atoms with Gasteiger partial charge in [-0.1, -0.05) is 41.0 Å². The fraction of sp³-hybridized carbons (Fsp3) is 0.154. The molecule has 0 saturated carbocycles. The van der Waals surface area contributed by atoms with E-state index in [9.17, 15) is 0 Å². The van der Waals surface area contributed by atoms with Gasteiger partial charge in [-0.3, -0.25) is 0 Å². The molecule has 0 saturated heterocycles. The third-order valence-corrected chi connectivity index (χ3v) is 4.29. The van der Waals surface area contributed by atoms with Crippen LogP contribution in [0.4, 0.5) is 0 Å². The van der Waals surface area contributed by atoms with Crippen molar-refractivity contribution in [1.82, 2.24) is 4.98 Å². The minimum atomic E-state index is 0.563. The van der Waals surface area contributed by atoms with E-state index < -0.39 is 0 Å². The molecule has 5 heteroatoms. The predicted molar refractivity (Wildman–Crippen MR) is 77.6 cm³/mol. The summed E-state index contributed by atoms with van der Waals surface area (Å²) >= 11 is 13.8. The first-order chi connectivity index (χ1) is 8.72. The third kappa shape index (κ3) is 3.18. The molecule has 1 heterocycles. The summed E-state index contributed by atoms with van der Waals surface area (Å²) in [4.78, 5) is 5.31. The van der Waals surface area contributed by atoms with Gasteiger partial charge in [0, 0.05) is 16.1 Å². The predicted octanol–water partition coefficient (Wildman–Crippen LogP) is 4.04. The Balaban J connectivity index is 2.34. The van der Waals surface area contributed by atoms with Gasteiger partial charge in [-0.05, 0) is 42.8 Å². The maximum atomic E-state index is 6.19. The number of benzene rings is 1. The zero-order valence-corrected chi connectivity index (χ0v) is 11.9. The van der Waals surface area contributed by atoms with E-state index in [1.165, 1.54) is 11.8 Å². The van der Waals surface area contributed by atoms with Crippen LogP contribution in [0.5, 0.6) is 0 Å². The van der Waals surface area contributed by atoms with Crippen molar-refractivity contribution in [1.29, 1.82) is 0 Å². The number of pyridine rings is 1. The van der Waals surface area contributed by atoms with E-state index in [-0.39, 0.29) is 0 Å². The van der Waals surface area contributed by atoms with E-state index in [4.69, 9.17) is 28.9 Å². The number of nitrogens with zero attached hydrogens (tertiary/aromatic N) is 1. The molecule has 0 amide bonds. The number of aromatic nitrogens is 1. The standard InChI is InChI=1S/C13H12Cl2N2S/c14-10-3-1-5-12(9(10)6-7-16)18-13-11(15)4-2-8-17-13/h1-5,8H,6-7,16H2. The van der Waals surface area contributed by atoms with Crippen molar-refractivity contribution in [2.75, 3.05) is 6.54 Å². The first-order valence-corrected chi connectivity index (χ1v) is 7.05. The Bertz CT molecular complexity index is 546. The zero-order chi connectivity index (χ0) is 13.0. The number of hydrogen-bond donors (Lipinski definition) is 1. The van der Waals surface area contributed by atoms with Gasteiger partial charge in [-0.25, -0.2) is 4.98 Å². The van der Waals surface area contributed by atoms with Crippen LogP contribution in [0.15, 0.2) is 46.5 Å². The fourth-order valence-electron chi connectivity index (χ4n) is 1.57. The van der Waals surface area contributed by atoms with E-state index in [2.05, 4.69) is 4.98 Å². The summed E-state index contributed by atoms with van der Waals surface area (Å²) in [6.45, 7) is 0.563. The van der Waals surface area contributed by atoms with Crippen molar-refractivity contribution in [3.63, 3.8) is 0 Å². The molecule has 2 N–H and O–H groups in total. The molecule has 0 radical (unpaired) electrons. The van der Waals surface area contributed by atoms with Gasteiger partial charge in [0.05, 0.1) is 5.02 Å². The number of hydrogen-bond acceptors (Lipinski definition) is 3. The Hall–Kier alpha value is -0.740. The average molecular weight is 299 g/mol. The van der Waals surface area contributed by atoms with Crippen molar-refractivity contribution in [2.24, 2.45) is 5.73 Å². The summed E-state index contributed by atoms with van der Waals surface area (Å²) in [5.74, 6) is 0. The molecular weight excluding hydrogens is 287 g/mol. The lowest BCUT2D eigenvalue weighted by atomic mass is 10.1. The van der Waals surface area contributed by atoms with Crippen molar-refractivity contribution in [2.45, 2.75) is 16.3 Å². The summed E-state index contributed by atoms with van der Waals surface area (Å²) < 4.78 is 0. The Labute approximate surface area is 121 Å². The maximum absolute atomic E-state index is 6.19. The van der Waals surface area contributed by atoms with Gasteiger partial charge in [0.2, 0.25) is 0 Å². The molecule has 1 aromatic carbocycles. The van der Waals surface area contributed by atoms with Gasteiger partial charge < -0.3 is 5.73 Å². The highest BCUT2D eigenvalue weighted by molar-refractivity contribution is 7.99. The van der Waals surface area contributed by atoms with Crippen molar-refractivity contribution >= 4 is 35.0 Å². The molecule has 94 valence electrons. The summed E-state index contributed by atoms with van der Waals surface area (Å²) in [5.41, 5.74) is 6.66. The molecule has 0 aliphatic heterocycles. The highest BCUT2D eigenvalue weighted by Gasteiger charge is 2.10. The first-order valence-electron chi connectivity index (χ1n) is 5.48. The van der Waals surface area contributed by atoms with Crippen LogP contribution in [0.1, 0.15) is 5.56 Å². The molecule has 2 nitrogen and oxygen atoms in total. The summed E-state index contributed by atoms with van der Waals surface area (Å²) in [7, 11) is 0. The second kappa shape index (κ2) is 6.43.